The van der Waals surface area contributed by atoms with Gasteiger partial charge in [0.05, 0.1) is 6.54 Å². The van der Waals surface area contributed by atoms with Crippen molar-refractivity contribution >= 4 is 17.2 Å². The number of carbonyl (C=O) groups is 1. The van der Waals surface area contributed by atoms with Gasteiger partial charge in [0.1, 0.15) is 4.88 Å². The number of amides is 1. The molecule has 0 aromatic carbocycles. The van der Waals surface area contributed by atoms with Crippen molar-refractivity contribution in [1.29, 1.82) is 0 Å². The zero-order chi connectivity index (χ0) is 15.2. The van der Waals surface area contributed by atoms with Gasteiger partial charge >= 0.3 is 0 Å². The first-order valence-corrected chi connectivity index (χ1v) is 8.20. The molecule has 1 fully saturated rings. The fourth-order valence-electron chi connectivity index (χ4n) is 2.70. The van der Waals surface area contributed by atoms with Crippen molar-refractivity contribution in [2.75, 3.05) is 40.3 Å². The molecule has 114 valence electrons. The molecule has 0 bridgehead atoms. The Labute approximate surface area is 130 Å². The molecular weight excluding hydrogens is 282 g/mol. The second kappa shape index (κ2) is 7.60. The molecule has 2 heterocycles. The summed E-state index contributed by atoms with van der Waals surface area (Å²) in [7, 11) is 4.21. The fraction of sp³-hybridized carbons (Fsp3) is 0.562. The van der Waals surface area contributed by atoms with Crippen LogP contribution in [-0.4, -0.2) is 56.0 Å². The number of thiophene rings is 1. The maximum atomic E-state index is 12.6. The van der Waals surface area contributed by atoms with Crippen molar-refractivity contribution in [2.24, 2.45) is 11.7 Å². The van der Waals surface area contributed by atoms with E-state index in [2.05, 4.69) is 30.8 Å². The maximum Gasteiger partial charge on any atom is 0.265 e. The minimum absolute atomic E-state index is 0.120. The van der Waals surface area contributed by atoms with Crippen molar-refractivity contribution in [3.8, 4) is 11.8 Å². The van der Waals surface area contributed by atoms with Crippen LogP contribution in [0.3, 0.4) is 0 Å². The third-order valence-corrected chi connectivity index (χ3v) is 4.61. The van der Waals surface area contributed by atoms with Gasteiger partial charge in [-0.1, -0.05) is 11.8 Å². The van der Waals surface area contributed by atoms with Gasteiger partial charge in [-0.25, -0.2) is 0 Å². The van der Waals surface area contributed by atoms with Gasteiger partial charge in [-0.15, -0.1) is 11.3 Å². The number of carbonyl (C=O) groups excluding carboxylic acids is 1. The van der Waals surface area contributed by atoms with E-state index in [4.69, 9.17) is 5.73 Å². The standard InChI is InChI=1S/C16H23N3OS/c1-18(2)12-13-5-9-19(10-6-13)16(20)15-14(4-3-8-17)7-11-21-15/h7,11,13H,5-6,8-10,12,17H2,1-2H3. The van der Waals surface area contributed by atoms with E-state index in [-0.39, 0.29) is 5.91 Å². The van der Waals surface area contributed by atoms with E-state index in [0.29, 0.717) is 12.5 Å². The Kier molecular flexibility index (Phi) is 5.80. The summed E-state index contributed by atoms with van der Waals surface area (Å²) >= 11 is 1.47. The second-order valence-corrected chi connectivity index (χ2v) is 6.58. The van der Waals surface area contributed by atoms with Gasteiger partial charge in [0.2, 0.25) is 0 Å². The van der Waals surface area contributed by atoms with Gasteiger partial charge in [-0.05, 0) is 44.3 Å². The molecule has 2 rings (SSSR count). The van der Waals surface area contributed by atoms with Crippen molar-refractivity contribution in [2.45, 2.75) is 12.8 Å². The molecule has 21 heavy (non-hydrogen) atoms. The highest BCUT2D eigenvalue weighted by molar-refractivity contribution is 7.12. The monoisotopic (exact) mass is 305 g/mol. The van der Waals surface area contributed by atoms with Gasteiger partial charge in [0.25, 0.3) is 5.91 Å². The van der Waals surface area contributed by atoms with Crippen LogP contribution in [0.4, 0.5) is 0 Å². The summed E-state index contributed by atoms with van der Waals surface area (Å²) in [5.74, 6) is 6.63. The Hall–Kier alpha value is -1.35. The van der Waals surface area contributed by atoms with E-state index in [9.17, 15) is 4.79 Å². The lowest BCUT2D eigenvalue weighted by Gasteiger charge is -2.33. The molecule has 2 N–H and O–H groups in total. The first-order chi connectivity index (χ1) is 10.1. The smallest absolute Gasteiger partial charge is 0.265 e. The summed E-state index contributed by atoms with van der Waals surface area (Å²) in [4.78, 5) is 17.5. The number of nitrogens with two attached hydrogens (primary N) is 1. The Bertz CT molecular complexity index is 533. The summed E-state index contributed by atoms with van der Waals surface area (Å²) in [5, 5.41) is 1.92. The van der Waals surface area contributed by atoms with Gasteiger partial charge in [0, 0.05) is 25.2 Å². The maximum absolute atomic E-state index is 12.6. The lowest BCUT2D eigenvalue weighted by molar-refractivity contribution is 0.0682. The Morgan fingerprint density at radius 2 is 2.19 bits per heavy atom. The predicted octanol–water partition coefficient (Wildman–Crippen LogP) is 1.47. The number of nitrogens with zero attached hydrogens (tertiary/aromatic N) is 2. The number of hydrogen-bond donors (Lipinski definition) is 1. The van der Waals surface area contributed by atoms with E-state index >= 15 is 0 Å². The van der Waals surface area contributed by atoms with E-state index in [1.807, 2.05) is 16.3 Å². The van der Waals surface area contributed by atoms with Crippen LogP contribution in [0.25, 0.3) is 0 Å². The minimum Gasteiger partial charge on any atom is -0.338 e. The topological polar surface area (TPSA) is 49.6 Å². The second-order valence-electron chi connectivity index (χ2n) is 5.67. The average Bonchev–Trinajstić information content (AvgIpc) is 2.93. The van der Waals surface area contributed by atoms with Crippen LogP contribution >= 0.6 is 11.3 Å². The molecule has 1 amide bonds. The molecule has 1 aromatic heterocycles. The highest BCUT2D eigenvalue weighted by Crippen LogP contribution is 2.23. The van der Waals surface area contributed by atoms with Gasteiger partial charge in [-0.3, -0.25) is 4.79 Å². The highest BCUT2D eigenvalue weighted by Gasteiger charge is 2.25. The van der Waals surface area contributed by atoms with Crippen molar-refractivity contribution in [3.05, 3.63) is 21.9 Å². The quantitative estimate of drug-likeness (QED) is 0.861. The zero-order valence-electron chi connectivity index (χ0n) is 12.8. The Morgan fingerprint density at radius 1 is 1.48 bits per heavy atom. The third-order valence-electron chi connectivity index (χ3n) is 3.71. The van der Waals surface area contributed by atoms with E-state index < -0.39 is 0 Å². The Balaban J connectivity index is 1.98. The summed E-state index contributed by atoms with van der Waals surface area (Å²) in [5.41, 5.74) is 6.21. The molecular formula is C16H23N3OS. The van der Waals surface area contributed by atoms with Crippen LogP contribution < -0.4 is 5.73 Å². The highest BCUT2D eigenvalue weighted by atomic mass is 32.1. The first kappa shape index (κ1) is 16.0. The van der Waals surface area contributed by atoms with E-state index in [0.717, 1.165) is 42.9 Å². The molecule has 0 radical (unpaired) electrons. The van der Waals surface area contributed by atoms with Crippen LogP contribution in [0.2, 0.25) is 0 Å². The molecule has 0 aliphatic carbocycles. The molecule has 1 aliphatic rings. The molecule has 1 aliphatic heterocycles. The minimum atomic E-state index is 0.120. The van der Waals surface area contributed by atoms with Crippen LogP contribution in [0.5, 0.6) is 0 Å². The summed E-state index contributed by atoms with van der Waals surface area (Å²) < 4.78 is 0. The zero-order valence-corrected chi connectivity index (χ0v) is 13.6. The van der Waals surface area contributed by atoms with Gasteiger partial charge < -0.3 is 15.5 Å². The normalized spacial score (nSPS) is 15.9. The van der Waals surface area contributed by atoms with Crippen molar-refractivity contribution in [1.82, 2.24) is 9.80 Å². The summed E-state index contributed by atoms with van der Waals surface area (Å²) in [6.45, 7) is 3.12. The molecule has 0 unspecified atom stereocenters. The average molecular weight is 305 g/mol. The number of likely N-dealkylation sites (tertiary alicyclic amines) is 1. The molecule has 1 saturated heterocycles. The largest absolute Gasteiger partial charge is 0.338 e. The molecule has 0 saturated carbocycles. The van der Waals surface area contributed by atoms with Gasteiger partial charge in [0.15, 0.2) is 0 Å². The molecule has 0 spiro atoms. The summed E-state index contributed by atoms with van der Waals surface area (Å²) in [6, 6.07) is 1.90. The predicted molar refractivity (Wildman–Crippen MR) is 87.4 cm³/mol. The van der Waals surface area contributed by atoms with Crippen LogP contribution in [0, 0.1) is 17.8 Å². The summed E-state index contributed by atoms with van der Waals surface area (Å²) in [6.07, 6.45) is 2.16. The van der Waals surface area contributed by atoms with Gasteiger partial charge in [-0.2, -0.15) is 0 Å². The number of piperidine rings is 1. The number of rotatable bonds is 3. The first-order valence-electron chi connectivity index (χ1n) is 7.32. The molecule has 1 aromatic rings. The lowest BCUT2D eigenvalue weighted by Crippen LogP contribution is -2.40. The number of hydrogen-bond acceptors (Lipinski definition) is 4. The van der Waals surface area contributed by atoms with Crippen molar-refractivity contribution < 1.29 is 4.79 Å². The molecule has 4 nitrogen and oxygen atoms in total. The van der Waals surface area contributed by atoms with E-state index in [1.165, 1.54) is 11.3 Å². The van der Waals surface area contributed by atoms with Crippen LogP contribution in [0.15, 0.2) is 11.4 Å². The molecule has 0 atom stereocenters. The lowest BCUT2D eigenvalue weighted by atomic mass is 9.96. The van der Waals surface area contributed by atoms with Crippen molar-refractivity contribution in [3.63, 3.8) is 0 Å². The SMILES string of the molecule is CN(C)CC1CCN(C(=O)c2sccc2C#CCN)CC1. The van der Waals surface area contributed by atoms with E-state index in [1.54, 1.807) is 0 Å². The fourth-order valence-corrected chi connectivity index (χ4v) is 3.51. The molecule has 5 heteroatoms. The van der Waals surface area contributed by atoms with Crippen LogP contribution in [0.1, 0.15) is 28.1 Å². The van der Waals surface area contributed by atoms with Crippen LogP contribution in [-0.2, 0) is 0 Å². The third kappa shape index (κ3) is 4.31. The Morgan fingerprint density at radius 3 is 2.81 bits per heavy atom.